The number of benzene rings is 2. The van der Waals surface area contributed by atoms with Crippen LogP contribution in [0.3, 0.4) is 0 Å². The lowest BCUT2D eigenvalue weighted by atomic mass is 10.1. The van der Waals surface area contributed by atoms with Crippen LogP contribution in [0.5, 0.6) is 0 Å². The summed E-state index contributed by atoms with van der Waals surface area (Å²) in [6.07, 6.45) is -0.271. The zero-order valence-electron chi connectivity index (χ0n) is 14.5. The highest BCUT2D eigenvalue weighted by Gasteiger charge is 2.31. The minimum atomic E-state index is -0.552. The topological polar surface area (TPSA) is 49.9 Å². The van der Waals surface area contributed by atoms with E-state index in [1.165, 1.54) is 7.11 Å². The van der Waals surface area contributed by atoms with Gasteiger partial charge in [0.2, 0.25) is 5.91 Å². The van der Waals surface area contributed by atoms with Crippen molar-refractivity contribution >= 4 is 23.2 Å². The van der Waals surface area contributed by atoms with Crippen LogP contribution >= 0.6 is 0 Å². The van der Waals surface area contributed by atoms with Gasteiger partial charge in [0.05, 0.1) is 17.9 Å². The van der Waals surface area contributed by atoms with Gasteiger partial charge in [0.1, 0.15) is 6.10 Å². The van der Waals surface area contributed by atoms with E-state index in [0.717, 1.165) is 16.9 Å². The second-order valence-electron chi connectivity index (χ2n) is 6.07. The fourth-order valence-corrected chi connectivity index (χ4v) is 3.01. The third-order valence-corrected chi connectivity index (χ3v) is 4.46. The molecule has 0 saturated carbocycles. The summed E-state index contributed by atoms with van der Waals surface area (Å²) in [5.41, 5.74) is 2.55. The first-order chi connectivity index (χ1) is 12.1. The van der Waals surface area contributed by atoms with Crippen LogP contribution in [0.15, 0.2) is 54.6 Å². The van der Waals surface area contributed by atoms with Crippen LogP contribution in [-0.2, 0) is 20.9 Å². The molecule has 5 heteroatoms. The number of rotatable bonds is 4. The van der Waals surface area contributed by atoms with Crippen molar-refractivity contribution in [3.63, 3.8) is 0 Å². The fourth-order valence-electron chi connectivity index (χ4n) is 3.01. The fraction of sp³-hybridized carbons (Fsp3) is 0.300. The summed E-state index contributed by atoms with van der Waals surface area (Å²) in [7, 11) is 1.51. The lowest BCUT2D eigenvalue weighted by molar-refractivity contribution is -0.127. The summed E-state index contributed by atoms with van der Waals surface area (Å²) >= 11 is 0. The second-order valence-corrected chi connectivity index (χ2v) is 6.07. The van der Waals surface area contributed by atoms with E-state index in [0.29, 0.717) is 13.1 Å². The van der Waals surface area contributed by atoms with Crippen LogP contribution < -0.4 is 9.80 Å². The average molecular weight is 338 g/mol. The summed E-state index contributed by atoms with van der Waals surface area (Å²) in [5, 5.41) is 0. The summed E-state index contributed by atoms with van der Waals surface area (Å²) < 4.78 is 5.18. The largest absolute Gasteiger partial charge is 0.372 e. The SMILES string of the molecule is CO[C@@H](C)C(=O)N1CCC(=O)N(Cc2ccccc2)c2ccccc21. The third-order valence-electron chi connectivity index (χ3n) is 4.46. The Balaban J connectivity index is 1.99. The van der Waals surface area contributed by atoms with Crippen LogP contribution in [-0.4, -0.2) is 31.6 Å². The molecule has 2 aromatic carbocycles. The predicted octanol–water partition coefficient (Wildman–Crippen LogP) is 2.99. The predicted molar refractivity (Wildman–Crippen MR) is 97.5 cm³/mol. The highest BCUT2D eigenvalue weighted by atomic mass is 16.5. The number of para-hydroxylation sites is 2. The third kappa shape index (κ3) is 3.56. The maximum Gasteiger partial charge on any atom is 0.255 e. The number of carbonyl (C=O) groups is 2. The number of methoxy groups -OCH3 is 1. The molecule has 0 saturated heterocycles. The van der Waals surface area contributed by atoms with E-state index in [2.05, 4.69) is 0 Å². The molecule has 1 heterocycles. The molecule has 0 aliphatic carbocycles. The Morgan fingerprint density at radius 1 is 1.08 bits per heavy atom. The van der Waals surface area contributed by atoms with Gasteiger partial charge in [-0.1, -0.05) is 42.5 Å². The molecule has 0 bridgehead atoms. The van der Waals surface area contributed by atoms with Crippen molar-refractivity contribution in [1.29, 1.82) is 0 Å². The summed E-state index contributed by atoms with van der Waals surface area (Å²) in [4.78, 5) is 28.9. The van der Waals surface area contributed by atoms with Gasteiger partial charge in [-0.3, -0.25) is 9.59 Å². The van der Waals surface area contributed by atoms with E-state index in [9.17, 15) is 9.59 Å². The monoisotopic (exact) mass is 338 g/mol. The van der Waals surface area contributed by atoms with Gasteiger partial charge >= 0.3 is 0 Å². The normalized spacial score (nSPS) is 15.5. The summed E-state index contributed by atoms with van der Waals surface area (Å²) in [6.45, 7) is 2.56. The molecule has 0 spiro atoms. The number of ether oxygens (including phenoxy) is 1. The van der Waals surface area contributed by atoms with E-state index in [1.807, 2.05) is 54.6 Å². The van der Waals surface area contributed by atoms with Crippen molar-refractivity contribution < 1.29 is 14.3 Å². The number of hydrogen-bond donors (Lipinski definition) is 0. The molecule has 130 valence electrons. The Morgan fingerprint density at radius 3 is 2.40 bits per heavy atom. The molecule has 0 unspecified atom stereocenters. The molecule has 1 aliphatic rings. The molecular formula is C20H22N2O3. The van der Waals surface area contributed by atoms with Gasteiger partial charge in [-0.25, -0.2) is 0 Å². The smallest absolute Gasteiger partial charge is 0.255 e. The molecular weight excluding hydrogens is 316 g/mol. The molecule has 2 amide bonds. The standard InChI is InChI=1S/C20H22N2O3/c1-15(25-2)20(24)21-13-12-19(23)22(14-16-8-4-3-5-9-16)18-11-7-6-10-17(18)21/h3-11,15H,12-14H2,1-2H3/t15-/m0/s1. The highest BCUT2D eigenvalue weighted by Crippen LogP contribution is 2.34. The van der Waals surface area contributed by atoms with Crippen LogP contribution in [0.2, 0.25) is 0 Å². The van der Waals surface area contributed by atoms with E-state index in [4.69, 9.17) is 4.74 Å². The van der Waals surface area contributed by atoms with Gasteiger partial charge in [0.15, 0.2) is 0 Å². The maximum absolute atomic E-state index is 12.7. The van der Waals surface area contributed by atoms with Gasteiger partial charge < -0.3 is 14.5 Å². The van der Waals surface area contributed by atoms with Gasteiger partial charge in [-0.2, -0.15) is 0 Å². The molecule has 0 aromatic heterocycles. The van der Waals surface area contributed by atoms with E-state index < -0.39 is 6.10 Å². The van der Waals surface area contributed by atoms with Crippen molar-refractivity contribution in [2.45, 2.75) is 26.0 Å². The molecule has 2 aromatic rings. The quantitative estimate of drug-likeness (QED) is 0.861. The van der Waals surface area contributed by atoms with E-state index >= 15 is 0 Å². The zero-order valence-corrected chi connectivity index (χ0v) is 14.5. The van der Waals surface area contributed by atoms with Crippen molar-refractivity contribution in [1.82, 2.24) is 0 Å². The molecule has 0 N–H and O–H groups in total. The zero-order chi connectivity index (χ0) is 17.8. The van der Waals surface area contributed by atoms with Crippen molar-refractivity contribution in [2.75, 3.05) is 23.5 Å². The average Bonchev–Trinajstić information content (AvgIpc) is 2.79. The number of anilines is 2. The van der Waals surface area contributed by atoms with Crippen molar-refractivity contribution in [3.8, 4) is 0 Å². The second kappa shape index (κ2) is 7.49. The first-order valence-corrected chi connectivity index (χ1v) is 8.39. The lowest BCUT2D eigenvalue weighted by Crippen LogP contribution is -2.39. The Kier molecular flexibility index (Phi) is 5.14. The first-order valence-electron chi connectivity index (χ1n) is 8.39. The van der Waals surface area contributed by atoms with Crippen LogP contribution in [0.4, 0.5) is 11.4 Å². The molecule has 3 rings (SSSR count). The number of carbonyl (C=O) groups excluding carboxylic acids is 2. The molecule has 0 fully saturated rings. The molecule has 0 radical (unpaired) electrons. The minimum absolute atomic E-state index is 0.0108. The Hall–Kier alpha value is -2.66. The van der Waals surface area contributed by atoms with Crippen molar-refractivity contribution in [3.05, 3.63) is 60.2 Å². The van der Waals surface area contributed by atoms with Crippen molar-refractivity contribution in [2.24, 2.45) is 0 Å². The van der Waals surface area contributed by atoms with Gasteiger partial charge in [0.25, 0.3) is 5.91 Å². The molecule has 25 heavy (non-hydrogen) atoms. The van der Waals surface area contributed by atoms with Gasteiger partial charge in [0, 0.05) is 20.1 Å². The summed E-state index contributed by atoms with van der Waals surface area (Å²) in [6, 6.07) is 17.4. The number of amides is 2. The first kappa shape index (κ1) is 17.2. The molecule has 1 aliphatic heterocycles. The maximum atomic E-state index is 12.7. The number of fused-ring (bicyclic) bond motifs is 1. The number of nitrogens with zero attached hydrogens (tertiary/aromatic N) is 2. The van der Waals surface area contributed by atoms with E-state index in [1.54, 1.807) is 16.7 Å². The Labute approximate surface area is 147 Å². The van der Waals surface area contributed by atoms with Crippen LogP contribution in [0.1, 0.15) is 18.9 Å². The van der Waals surface area contributed by atoms with Crippen LogP contribution in [0.25, 0.3) is 0 Å². The molecule has 1 atom stereocenters. The summed E-state index contributed by atoms with van der Waals surface area (Å²) in [5.74, 6) is -0.124. The molecule has 5 nitrogen and oxygen atoms in total. The van der Waals surface area contributed by atoms with Gasteiger partial charge in [-0.05, 0) is 24.6 Å². The Morgan fingerprint density at radius 2 is 1.72 bits per heavy atom. The van der Waals surface area contributed by atoms with Gasteiger partial charge in [-0.15, -0.1) is 0 Å². The lowest BCUT2D eigenvalue weighted by Gasteiger charge is -2.27. The Bertz CT molecular complexity index is 761. The number of hydrogen-bond acceptors (Lipinski definition) is 3. The minimum Gasteiger partial charge on any atom is -0.372 e. The van der Waals surface area contributed by atoms with E-state index in [-0.39, 0.29) is 18.2 Å². The van der Waals surface area contributed by atoms with Crippen LogP contribution in [0, 0.1) is 0 Å². The highest BCUT2D eigenvalue weighted by molar-refractivity contribution is 6.06.